The predicted molar refractivity (Wildman–Crippen MR) is 61.6 cm³/mol. The molecule has 0 radical (unpaired) electrons. The number of hydrogen-bond donors (Lipinski definition) is 1. The summed E-state index contributed by atoms with van der Waals surface area (Å²) in [7, 11) is 0. The van der Waals surface area contributed by atoms with Gasteiger partial charge in [0.15, 0.2) is 0 Å². The van der Waals surface area contributed by atoms with Crippen LogP contribution in [0.1, 0.15) is 24.4 Å². The van der Waals surface area contributed by atoms with E-state index in [1.54, 1.807) is 12.1 Å². The molecule has 1 saturated heterocycles. The van der Waals surface area contributed by atoms with Crippen LogP contribution in [0.25, 0.3) is 0 Å². The second-order valence-corrected chi connectivity index (χ2v) is 4.36. The van der Waals surface area contributed by atoms with Crippen LogP contribution in [0.3, 0.4) is 0 Å². The van der Waals surface area contributed by atoms with Crippen LogP contribution in [0.2, 0.25) is 0 Å². The topological polar surface area (TPSA) is 47.3 Å². The maximum absolute atomic E-state index is 12.8. The van der Waals surface area contributed by atoms with Crippen molar-refractivity contribution in [2.45, 2.75) is 25.0 Å². The van der Waals surface area contributed by atoms with Crippen LogP contribution in [-0.4, -0.2) is 29.2 Å². The van der Waals surface area contributed by atoms with Crippen molar-refractivity contribution in [3.05, 3.63) is 35.6 Å². The second-order valence-electron chi connectivity index (χ2n) is 4.36. The molecule has 1 aliphatic heterocycles. The summed E-state index contributed by atoms with van der Waals surface area (Å²) in [6.07, 6.45) is 0.741. The van der Waals surface area contributed by atoms with Crippen molar-refractivity contribution in [2.75, 3.05) is 13.1 Å². The van der Waals surface area contributed by atoms with Gasteiger partial charge in [-0.2, -0.15) is 5.26 Å². The monoisotopic (exact) mass is 234 g/mol. The number of rotatable bonds is 3. The Morgan fingerprint density at radius 3 is 2.76 bits per heavy atom. The van der Waals surface area contributed by atoms with Crippen LogP contribution >= 0.6 is 0 Å². The first kappa shape index (κ1) is 12.0. The third kappa shape index (κ3) is 2.82. The highest BCUT2D eigenvalue weighted by atomic mass is 19.1. The zero-order chi connectivity index (χ0) is 12.3. The Labute approximate surface area is 100 Å². The van der Waals surface area contributed by atoms with Gasteiger partial charge in [-0.25, -0.2) is 4.39 Å². The molecule has 1 N–H and O–H groups in total. The molecule has 0 bridgehead atoms. The summed E-state index contributed by atoms with van der Waals surface area (Å²) < 4.78 is 12.8. The zero-order valence-corrected chi connectivity index (χ0v) is 9.51. The van der Waals surface area contributed by atoms with Crippen LogP contribution in [0.4, 0.5) is 4.39 Å². The molecule has 0 saturated carbocycles. The molecule has 2 rings (SSSR count). The molecule has 1 aromatic carbocycles. The quantitative estimate of drug-likeness (QED) is 0.868. The van der Waals surface area contributed by atoms with E-state index in [4.69, 9.17) is 5.26 Å². The van der Waals surface area contributed by atoms with Crippen molar-refractivity contribution in [1.82, 2.24) is 4.90 Å². The molecule has 0 spiro atoms. The van der Waals surface area contributed by atoms with Crippen molar-refractivity contribution in [3.63, 3.8) is 0 Å². The number of aliphatic hydroxyl groups excluding tert-OH is 1. The number of β-amino-alcohol motifs (C(OH)–C–C–N with tert-alkyl or cyclic N) is 1. The third-order valence-corrected chi connectivity index (χ3v) is 3.15. The van der Waals surface area contributed by atoms with E-state index < -0.39 is 0 Å². The number of nitrogens with zero attached hydrogens (tertiary/aromatic N) is 2. The Hall–Kier alpha value is -1.44. The lowest BCUT2D eigenvalue weighted by Crippen LogP contribution is -2.25. The molecule has 90 valence electrons. The van der Waals surface area contributed by atoms with E-state index in [2.05, 4.69) is 11.0 Å². The zero-order valence-electron chi connectivity index (χ0n) is 9.51. The van der Waals surface area contributed by atoms with E-state index in [-0.39, 0.29) is 18.0 Å². The lowest BCUT2D eigenvalue weighted by molar-refractivity contribution is 0.176. The Morgan fingerprint density at radius 2 is 2.12 bits per heavy atom. The van der Waals surface area contributed by atoms with Crippen molar-refractivity contribution < 1.29 is 9.50 Å². The van der Waals surface area contributed by atoms with E-state index in [0.29, 0.717) is 25.9 Å². The van der Waals surface area contributed by atoms with Gasteiger partial charge in [-0.05, 0) is 24.1 Å². The minimum absolute atomic E-state index is 0.0962. The maximum atomic E-state index is 12.8. The highest BCUT2D eigenvalue weighted by Gasteiger charge is 2.31. The Balaban J connectivity index is 2.12. The maximum Gasteiger partial charge on any atom is 0.123 e. The average Bonchev–Trinajstić information content (AvgIpc) is 2.69. The van der Waals surface area contributed by atoms with Gasteiger partial charge in [-0.15, -0.1) is 0 Å². The van der Waals surface area contributed by atoms with Crippen molar-refractivity contribution in [1.29, 1.82) is 5.26 Å². The highest BCUT2D eigenvalue weighted by molar-refractivity contribution is 5.21. The van der Waals surface area contributed by atoms with E-state index in [1.807, 2.05) is 0 Å². The average molecular weight is 234 g/mol. The van der Waals surface area contributed by atoms with Gasteiger partial charge in [-0.3, -0.25) is 4.90 Å². The summed E-state index contributed by atoms with van der Waals surface area (Å²) in [6, 6.07) is 8.56. The molecule has 0 unspecified atom stereocenters. The van der Waals surface area contributed by atoms with Crippen LogP contribution in [0.5, 0.6) is 0 Å². The summed E-state index contributed by atoms with van der Waals surface area (Å²) in [5.41, 5.74) is 1.00. The first-order valence-electron chi connectivity index (χ1n) is 5.75. The molecule has 1 heterocycles. The number of likely N-dealkylation sites (tertiary alicyclic amines) is 1. The Bertz CT molecular complexity index is 412. The van der Waals surface area contributed by atoms with Gasteiger partial charge in [0.05, 0.1) is 12.2 Å². The van der Waals surface area contributed by atoms with Crippen molar-refractivity contribution in [3.8, 4) is 6.07 Å². The van der Waals surface area contributed by atoms with E-state index in [1.165, 1.54) is 12.1 Å². The summed E-state index contributed by atoms with van der Waals surface area (Å²) in [4.78, 5) is 2.08. The molecule has 0 aromatic heterocycles. The predicted octanol–water partition coefficient (Wildman–Crippen LogP) is 1.85. The summed E-state index contributed by atoms with van der Waals surface area (Å²) in [5.74, 6) is -0.254. The Kier molecular flexibility index (Phi) is 3.72. The largest absolute Gasteiger partial charge is 0.392 e. The van der Waals surface area contributed by atoms with Gasteiger partial charge >= 0.3 is 0 Å². The lowest BCUT2D eigenvalue weighted by Gasteiger charge is -2.23. The number of benzene rings is 1. The highest BCUT2D eigenvalue weighted by Crippen LogP contribution is 2.32. The molecule has 1 aliphatic rings. The third-order valence-electron chi connectivity index (χ3n) is 3.15. The first-order valence-corrected chi connectivity index (χ1v) is 5.75. The molecular weight excluding hydrogens is 219 g/mol. The summed E-state index contributed by atoms with van der Waals surface area (Å²) >= 11 is 0. The van der Waals surface area contributed by atoms with E-state index in [0.717, 1.165) is 5.56 Å². The SMILES string of the molecule is N#CCCN1C[C@@H](O)C[C@@H]1c1ccc(F)cc1. The number of hydrogen-bond acceptors (Lipinski definition) is 3. The summed E-state index contributed by atoms with van der Waals surface area (Å²) in [5, 5.41) is 18.3. The molecule has 3 nitrogen and oxygen atoms in total. The smallest absolute Gasteiger partial charge is 0.123 e. The van der Waals surface area contributed by atoms with E-state index in [9.17, 15) is 9.50 Å². The number of nitriles is 1. The van der Waals surface area contributed by atoms with Gasteiger partial charge < -0.3 is 5.11 Å². The minimum atomic E-state index is -0.358. The van der Waals surface area contributed by atoms with Gasteiger partial charge in [0, 0.05) is 25.6 Å². The molecule has 2 atom stereocenters. The molecule has 0 amide bonds. The van der Waals surface area contributed by atoms with Gasteiger partial charge in [-0.1, -0.05) is 12.1 Å². The molecule has 1 aromatic rings. The fourth-order valence-electron chi connectivity index (χ4n) is 2.35. The fraction of sp³-hybridized carbons (Fsp3) is 0.462. The normalized spacial score (nSPS) is 24.8. The van der Waals surface area contributed by atoms with Gasteiger partial charge in [0.2, 0.25) is 0 Å². The van der Waals surface area contributed by atoms with E-state index >= 15 is 0 Å². The van der Waals surface area contributed by atoms with Crippen molar-refractivity contribution in [2.24, 2.45) is 0 Å². The summed E-state index contributed by atoms with van der Waals surface area (Å²) in [6.45, 7) is 1.24. The lowest BCUT2D eigenvalue weighted by atomic mass is 10.0. The number of halogens is 1. The fourth-order valence-corrected chi connectivity index (χ4v) is 2.35. The standard InChI is InChI=1S/C13H15FN2O/c14-11-4-2-10(3-5-11)13-8-12(17)9-16(13)7-1-6-15/h2-5,12-13,17H,1,7-9H2/t12-,13+/m0/s1. The number of aliphatic hydroxyl groups is 1. The van der Waals surface area contributed by atoms with Crippen LogP contribution in [0.15, 0.2) is 24.3 Å². The molecule has 0 aliphatic carbocycles. The minimum Gasteiger partial charge on any atom is -0.392 e. The van der Waals surface area contributed by atoms with Gasteiger partial charge in [0.1, 0.15) is 5.82 Å². The molecule has 1 fully saturated rings. The van der Waals surface area contributed by atoms with Crippen LogP contribution in [-0.2, 0) is 0 Å². The molecule has 4 heteroatoms. The van der Waals surface area contributed by atoms with Crippen LogP contribution < -0.4 is 0 Å². The second kappa shape index (κ2) is 5.26. The van der Waals surface area contributed by atoms with Gasteiger partial charge in [0.25, 0.3) is 0 Å². The molecule has 17 heavy (non-hydrogen) atoms. The van der Waals surface area contributed by atoms with Crippen LogP contribution in [0, 0.1) is 17.1 Å². The molecular formula is C13H15FN2O. The first-order chi connectivity index (χ1) is 8.20. The Morgan fingerprint density at radius 1 is 1.41 bits per heavy atom. The van der Waals surface area contributed by atoms with Crippen molar-refractivity contribution >= 4 is 0 Å².